The second kappa shape index (κ2) is 5.03. The Labute approximate surface area is 101 Å². The summed E-state index contributed by atoms with van der Waals surface area (Å²) >= 11 is 3.16. The molecule has 0 aliphatic heterocycles. The zero-order valence-electron chi connectivity index (χ0n) is 8.50. The van der Waals surface area contributed by atoms with Crippen LogP contribution in [-0.2, 0) is 6.42 Å². The normalized spacial score (nSPS) is 10.3. The van der Waals surface area contributed by atoms with Gasteiger partial charge >= 0.3 is 0 Å². The molecule has 2 heterocycles. The van der Waals surface area contributed by atoms with Crippen LogP contribution in [0, 0.1) is 0 Å². The average molecular weight is 283 g/mol. The molecule has 1 amide bonds. The van der Waals surface area contributed by atoms with Gasteiger partial charge < -0.3 is 14.7 Å². The van der Waals surface area contributed by atoms with Crippen LogP contribution in [0.5, 0.6) is 0 Å². The van der Waals surface area contributed by atoms with Gasteiger partial charge in [-0.05, 0) is 34.1 Å². The van der Waals surface area contributed by atoms with E-state index in [1.54, 1.807) is 6.07 Å². The SMILES string of the molecule is O=C(NCCc1ccc[nH]1)c1ccoc1Br. The summed E-state index contributed by atoms with van der Waals surface area (Å²) in [5.41, 5.74) is 1.62. The van der Waals surface area contributed by atoms with E-state index in [0.29, 0.717) is 16.8 Å². The summed E-state index contributed by atoms with van der Waals surface area (Å²) in [6.45, 7) is 0.594. The standard InChI is InChI=1S/C11H11BrN2O2/c12-10-9(4-7-16-10)11(15)14-6-3-8-2-1-5-13-8/h1-2,4-5,7,13H,3,6H2,(H,14,15). The maximum absolute atomic E-state index is 11.6. The zero-order valence-corrected chi connectivity index (χ0v) is 10.1. The lowest BCUT2D eigenvalue weighted by Crippen LogP contribution is -2.25. The number of rotatable bonds is 4. The second-order valence-corrected chi connectivity index (χ2v) is 4.03. The van der Waals surface area contributed by atoms with Gasteiger partial charge in [0.2, 0.25) is 0 Å². The van der Waals surface area contributed by atoms with Gasteiger partial charge in [0.05, 0.1) is 11.8 Å². The van der Waals surface area contributed by atoms with Gasteiger partial charge in [0.15, 0.2) is 4.67 Å². The molecule has 0 aliphatic carbocycles. The number of halogens is 1. The molecular formula is C11H11BrN2O2. The lowest BCUT2D eigenvalue weighted by Gasteiger charge is -2.02. The van der Waals surface area contributed by atoms with Gasteiger partial charge in [-0.3, -0.25) is 4.79 Å². The second-order valence-electron chi connectivity index (χ2n) is 3.31. The Bertz CT molecular complexity index is 462. The summed E-state index contributed by atoms with van der Waals surface area (Å²) in [4.78, 5) is 14.7. The Kier molecular flexibility index (Phi) is 3.46. The summed E-state index contributed by atoms with van der Waals surface area (Å²) in [6, 6.07) is 5.55. The molecule has 0 atom stereocenters. The maximum Gasteiger partial charge on any atom is 0.255 e. The van der Waals surface area contributed by atoms with E-state index >= 15 is 0 Å². The molecule has 2 N–H and O–H groups in total. The van der Waals surface area contributed by atoms with Crippen molar-refractivity contribution in [2.45, 2.75) is 6.42 Å². The highest BCUT2D eigenvalue weighted by atomic mass is 79.9. The van der Waals surface area contributed by atoms with Gasteiger partial charge in [0.1, 0.15) is 0 Å². The van der Waals surface area contributed by atoms with Crippen LogP contribution in [0.25, 0.3) is 0 Å². The van der Waals surface area contributed by atoms with E-state index in [2.05, 4.69) is 26.2 Å². The summed E-state index contributed by atoms with van der Waals surface area (Å²) < 4.78 is 5.45. The van der Waals surface area contributed by atoms with Crippen molar-refractivity contribution in [3.8, 4) is 0 Å². The molecule has 0 spiro atoms. The van der Waals surface area contributed by atoms with E-state index in [4.69, 9.17) is 4.42 Å². The number of furan rings is 1. The van der Waals surface area contributed by atoms with Gasteiger partial charge in [-0.15, -0.1) is 0 Å². The fraction of sp³-hybridized carbons (Fsp3) is 0.182. The predicted molar refractivity (Wildman–Crippen MR) is 63.2 cm³/mol. The van der Waals surface area contributed by atoms with E-state index in [-0.39, 0.29) is 5.91 Å². The quantitative estimate of drug-likeness (QED) is 0.904. The van der Waals surface area contributed by atoms with Crippen LogP contribution >= 0.6 is 15.9 Å². The minimum atomic E-state index is -0.132. The zero-order chi connectivity index (χ0) is 11.4. The number of carbonyl (C=O) groups is 1. The van der Waals surface area contributed by atoms with Crippen molar-refractivity contribution < 1.29 is 9.21 Å². The molecule has 0 aromatic carbocycles. The van der Waals surface area contributed by atoms with Crippen molar-refractivity contribution in [2.24, 2.45) is 0 Å². The van der Waals surface area contributed by atoms with Crippen molar-refractivity contribution in [3.63, 3.8) is 0 Å². The van der Waals surface area contributed by atoms with E-state index in [1.807, 2.05) is 18.3 Å². The highest BCUT2D eigenvalue weighted by molar-refractivity contribution is 9.10. The molecule has 0 unspecified atom stereocenters. The first-order chi connectivity index (χ1) is 7.77. The minimum Gasteiger partial charge on any atom is -0.457 e. The van der Waals surface area contributed by atoms with E-state index in [1.165, 1.54) is 6.26 Å². The summed E-state index contributed by atoms with van der Waals surface area (Å²) in [6.07, 6.45) is 4.13. The highest BCUT2D eigenvalue weighted by Crippen LogP contribution is 2.16. The Morgan fingerprint density at radius 3 is 3.00 bits per heavy atom. The van der Waals surface area contributed by atoms with Crippen molar-refractivity contribution in [3.05, 3.63) is 46.6 Å². The smallest absolute Gasteiger partial charge is 0.255 e. The number of H-pyrrole nitrogens is 1. The first kappa shape index (κ1) is 11.0. The number of hydrogen-bond acceptors (Lipinski definition) is 2. The van der Waals surface area contributed by atoms with Gasteiger partial charge in [-0.2, -0.15) is 0 Å². The number of hydrogen-bond donors (Lipinski definition) is 2. The first-order valence-electron chi connectivity index (χ1n) is 4.91. The van der Waals surface area contributed by atoms with Crippen molar-refractivity contribution in [1.82, 2.24) is 10.3 Å². The van der Waals surface area contributed by atoms with Crippen LogP contribution in [0.4, 0.5) is 0 Å². The first-order valence-corrected chi connectivity index (χ1v) is 5.70. The molecule has 0 aliphatic rings. The number of nitrogens with one attached hydrogen (secondary N) is 2. The van der Waals surface area contributed by atoms with E-state index < -0.39 is 0 Å². The Morgan fingerprint density at radius 2 is 2.38 bits per heavy atom. The van der Waals surface area contributed by atoms with Crippen LogP contribution in [0.15, 0.2) is 39.7 Å². The average Bonchev–Trinajstić information content (AvgIpc) is 2.88. The van der Waals surface area contributed by atoms with Crippen LogP contribution in [-0.4, -0.2) is 17.4 Å². The number of aromatic nitrogens is 1. The maximum atomic E-state index is 11.6. The molecule has 0 bridgehead atoms. The number of amides is 1. The molecular weight excluding hydrogens is 272 g/mol. The summed E-state index contributed by atoms with van der Waals surface area (Å²) in [5, 5.41) is 2.82. The third-order valence-corrected chi connectivity index (χ3v) is 2.82. The fourth-order valence-corrected chi connectivity index (χ4v) is 1.80. The molecule has 2 rings (SSSR count). The van der Waals surface area contributed by atoms with Crippen LogP contribution in [0.3, 0.4) is 0 Å². The fourth-order valence-electron chi connectivity index (χ4n) is 1.38. The monoisotopic (exact) mass is 282 g/mol. The molecule has 0 fully saturated rings. The molecule has 84 valence electrons. The molecule has 16 heavy (non-hydrogen) atoms. The predicted octanol–water partition coefficient (Wildman–Crippen LogP) is 2.34. The van der Waals surface area contributed by atoms with Crippen LogP contribution < -0.4 is 5.32 Å². The van der Waals surface area contributed by atoms with Crippen molar-refractivity contribution >= 4 is 21.8 Å². The lowest BCUT2D eigenvalue weighted by atomic mass is 10.3. The van der Waals surface area contributed by atoms with Gasteiger partial charge in [0.25, 0.3) is 5.91 Å². The van der Waals surface area contributed by atoms with Crippen LogP contribution in [0.2, 0.25) is 0 Å². The number of carbonyl (C=O) groups excluding carboxylic acids is 1. The summed E-state index contributed by atoms with van der Waals surface area (Å²) in [5.74, 6) is -0.132. The molecule has 2 aromatic heterocycles. The molecule has 4 nitrogen and oxygen atoms in total. The number of aromatic amines is 1. The van der Waals surface area contributed by atoms with Crippen molar-refractivity contribution in [1.29, 1.82) is 0 Å². The largest absolute Gasteiger partial charge is 0.457 e. The Morgan fingerprint density at radius 1 is 1.50 bits per heavy atom. The topological polar surface area (TPSA) is 58.0 Å². The van der Waals surface area contributed by atoms with Crippen molar-refractivity contribution in [2.75, 3.05) is 6.54 Å². The molecule has 0 saturated heterocycles. The van der Waals surface area contributed by atoms with E-state index in [9.17, 15) is 4.79 Å². The third-order valence-electron chi connectivity index (χ3n) is 2.20. The Hall–Kier alpha value is -1.49. The molecule has 5 heteroatoms. The Balaban J connectivity index is 1.83. The van der Waals surface area contributed by atoms with E-state index in [0.717, 1.165) is 12.1 Å². The van der Waals surface area contributed by atoms with Gasteiger partial charge in [-0.1, -0.05) is 0 Å². The minimum absolute atomic E-state index is 0.132. The van der Waals surface area contributed by atoms with Gasteiger partial charge in [0, 0.05) is 24.9 Å². The molecule has 0 radical (unpaired) electrons. The van der Waals surface area contributed by atoms with Crippen LogP contribution in [0.1, 0.15) is 16.1 Å². The molecule has 0 saturated carbocycles. The lowest BCUT2D eigenvalue weighted by molar-refractivity contribution is 0.0952. The molecule has 2 aromatic rings. The summed E-state index contributed by atoms with van der Waals surface area (Å²) in [7, 11) is 0. The van der Waals surface area contributed by atoms with Gasteiger partial charge in [-0.25, -0.2) is 0 Å². The third kappa shape index (κ3) is 2.55. The highest BCUT2D eigenvalue weighted by Gasteiger charge is 2.11.